The summed E-state index contributed by atoms with van der Waals surface area (Å²) in [5.74, 6) is -0.872. The van der Waals surface area contributed by atoms with Gasteiger partial charge >= 0.3 is 5.97 Å². The fraction of sp³-hybridized carbons (Fsp3) is 0.364. The number of amides is 1. The summed E-state index contributed by atoms with van der Waals surface area (Å²) in [6.45, 7) is 4.81. The molecule has 31 heavy (non-hydrogen) atoms. The van der Waals surface area contributed by atoms with Crippen molar-refractivity contribution < 1.29 is 23.8 Å². The number of furan rings is 1. The highest BCUT2D eigenvalue weighted by atomic mass is 16.5. The Morgan fingerprint density at radius 1 is 1.35 bits per heavy atom. The summed E-state index contributed by atoms with van der Waals surface area (Å²) in [4.78, 5) is 25.6. The van der Waals surface area contributed by atoms with Gasteiger partial charge in [-0.3, -0.25) is 9.59 Å². The van der Waals surface area contributed by atoms with Crippen molar-refractivity contribution in [3.8, 4) is 0 Å². The predicted molar refractivity (Wildman–Crippen MR) is 111 cm³/mol. The maximum Gasteiger partial charge on any atom is 0.305 e. The molecule has 4 rings (SSSR count). The Bertz CT molecular complexity index is 1060. The van der Waals surface area contributed by atoms with Crippen LogP contribution in [0.15, 0.2) is 53.6 Å². The number of nitrogens with zero attached hydrogens (tertiary/aromatic N) is 4. The number of benzene rings is 1. The minimum Gasteiger partial charge on any atom is -0.481 e. The van der Waals surface area contributed by atoms with Crippen molar-refractivity contribution in [2.45, 2.75) is 38.0 Å². The van der Waals surface area contributed by atoms with E-state index in [4.69, 9.17) is 14.3 Å². The lowest BCUT2D eigenvalue weighted by Crippen LogP contribution is -2.30. The Morgan fingerprint density at radius 2 is 2.19 bits per heavy atom. The highest BCUT2D eigenvalue weighted by molar-refractivity contribution is 5.96. The van der Waals surface area contributed by atoms with Gasteiger partial charge in [0.1, 0.15) is 11.3 Å². The summed E-state index contributed by atoms with van der Waals surface area (Å²) >= 11 is 0. The van der Waals surface area contributed by atoms with Crippen LogP contribution in [0.4, 0.5) is 0 Å². The molecule has 1 N–H and O–H groups in total. The third-order valence-electron chi connectivity index (χ3n) is 5.30. The lowest BCUT2D eigenvalue weighted by molar-refractivity contribution is -0.141. The first-order chi connectivity index (χ1) is 15.0. The van der Waals surface area contributed by atoms with E-state index in [9.17, 15) is 9.59 Å². The lowest BCUT2D eigenvalue weighted by atomic mass is 10.0. The molecule has 3 heterocycles. The number of hydrogen-bond donors (Lipinski definition) is 1. The van der Waals surface area contributed by atoms with Gasteiger partial charge in [-0.2, -0.15) is 0 Å². The summed E-state index contributed by atoms with van der Waals surface area (Å²) in [5.41, 5.74) is 1.29. The van der Waals surface area contributed by atoms with Crippen molar-refractivity contribution in [2.24, 2.45) is 0 Å². The minimum atomic E-state index is -0.880. The summed E-state index contributed by atoms with van der Waals surface area (Å²) < 4.78 is 13.0. The summed E-state index contributed by atoms with van der Waals surface area (Å²) in [7, 11) is 0. The van der Waals surface area contributed by atoms with Gasteiger partial charge < -0.3 is 19.2 Å². The van der Waals surface area contributed by atoms with Crippen LogP contribution in [-0.2, 0) is 16.1 Å². The van der Waals surface area contributed by atoms with E-state index in [1.807, 2.05) is 24.3 Å². The molecule has 1 amide bonds. The molecule has 2 unspecified atom stereocenters. The molecule has 0 aliphatic carbocycles. The zero-order chi connectivity index (χ0) is 21.8. The van der Waals surface area contributed by atoms with Gasteiger partial charge in [0.05, 0.1) is 31.3 Å². The van der Waals surface area contributed by atoms with E-state index in [-0.39, 0.29) is 36.8 Å². The lowest BCUT2D eigenvalue weighted by Gasteiger charge is -2.28. The molecular weight excluding hydrogens is 400 g/mol. The summed E-state index contributed by atoms with van der Waals surface area (Å²) in [6, 6.07) is 9.21. The van der Waals surface area contributed by atoms with Gasteiger partial charge in [0.15, 0.2) is 5.76 Å². The molecule has 1 aliphatic heterocycles. The fourth-order valence-corrected chi connectivity index (χ4v) is 3.82. The summed E-state index contributed by atoms with van der Waals surface area (Å²) in [6.07, 6.45) is 4.37. The Hall–Kier alpha value is -3.46. The average Bonchev–Trinajstić information content (AvgIpc) is 3.40. The first-order valence-electron chi connectivity index (χ1n) is 10.2. The van der Waals surface area contributed by atoms with E-state index in [0.717, 1.165) is 11.8 Å². The van der Waals surface area contributed by atoms with Crippen LogP contribution in [-0.4, -0.2) is 56.1 Å². The molecule has 162 valence electrons. The second-order valence-electron chi connectivity index (χ2n) is 7.58. The number of carbonyl (C=O) groups is 2. The number of fused-ring (bicyclic) bond motifs is 1. The molecule has 0 bridgehead atoms. The number of aliphatic carboxylic acids is 1. The van der Waals surface area contributed by atoms with E-state index in [0.29, 0.717) is 30.8 Å². The molecular formula is C22H24N4O5. The second-order valence-corrected chi connectivity index (χ2v) is 7.58. The SMILES string of the molecule is C=CCN(Cc1cn(C2CCOC(CC(=O)O)C2)nn1)C(=O)c1cc2ccccc2o1. The summed E-state index contributed by atoms with van der Waals surface area (Å²) in [5, 5.41) is 18.3. The third kappa shape index (κ3) is 4.83. The van der Waals surface area contributed by atoms with Crippen LogP contribution in [0.1, 0.15) is 41.6 Å². The number of ether oxygens (including phenoxy) is 1. The first kappa shape index (κ1) is 20.8. The molecule has 3 aromatic rings. The maximum absolute atomic E-state index is 13.0. The van der Waals surface area contributed by atoms with Crippen LogP contribution >= 0.6 is 0 Å². The van der Waals surface area contributed by atoms with E-state index < -0.39 is 5.97 Å². The molecule has 9 heteroatoms. The van der Waals surface area contributed by atoms with Crippen molar-refractivity contribution >= 4 is 22.8 Å². The van der Waals surface area contributed by atoms with Gasteiger partial charge in [-0.15, -0.1) is 11.7 Å². The van der Waals surface area contributed by atoms with Gasteiger partial charge in [0.25, 0.3) is 5.91 Å². The quantitative estimate of drug-likeness (QED) is 0.553. The van der Waals surface area contributed by atoms with Crippen LogP contribution in [0.2, 0.25) is 0 Å². The highest BCUT2D eigenvalue weighted by Gasteiger charge is 2.27. The Balaban J connectivity index is 1.46. The number of carbonyl (C=O) groups excluding carboxylic acids is 1. The zero-order valence-corrected chi connectivity index (χ0v) is 17.0. The van der Waals surface area contributed by atoms with Crippen molar-refractivity contribution in [1.29, 1.82) is 0 Å². The number of rotatable bonds is 8. The number of aromatic nitrogens is 3. The highest BCUT2D eigenvalue weighted by Crippen LogP contribution is 2.26. The van der Waals surface area contributed by atoms with Crippen LogP contribution in [0, 0.1) is 0 Å². The molecule has 1 aromatic carbocycles. The number of carboxylic acids is 1. The molecule has 1 aliphatic rings. The second kappa shape index (κ2) is 9.13. The van der Waals surface area contributed by atoms with Crippen LogP contribution in [0.25, 0.3) is 11.0 Å². The smallest absolute Gasteiger partial charge is 0.305 e. The first-order valence-corrected chi connectivity index (χ1v) is 10.2. The predicted octanol–water partition coefficient (Wildman–Crippen LogP) is 3.05. The molecule has 1 saturated heterocycles. The van der Waals surface area contributed by atoms with Crippen molar-refractivity contribution in [1.82, 2.24) is 19.9 Å². The minimum absolute atomic E-state index is 0.0123. The molecule has 0 radical (unpaired) electrons. The average molecular weight is 424 g/mol. The molecule has 1 fully saturated rings. The van der Waals surface area contributed by atoms with E-state index in [2.05, 4.69) is 16.9 Å². The Labute approximate surface area is 178 Å². The monoisotopic (exact) mass is 424 g/mol. The fourth-order valence-electron chi connectivity index (χ4n) is 3.82. The normalized spacial score (nSPS) is 18.7. The van der Waals surface area contributed by atoms with E-state index in [1.54, 1.807) is 27.9 Å². The van der Waals surface area contributed by atoms with Crippen LogP contribution < -0.4 is 0 Å². The Morgan fingerprint density at radius 3 is 2.97 bits per heavy atom. The molecule has 0 saturated carbocycles. The van der Waals surface area contributed by atoms with E-state index in [1.165, 1.54) is 0 Å². The number of carboxylic acid groups (broad SMARTS) is 1. The molecule has 0 spiro atoms. The molecule has 9 nitrogen and oxygen atoms in total. The van der Waals surface area contributed by atoms with Gasteiger partial charge in [0.2, 0.25) is 0 Å². The number of hydrogen-bond acceptors (Lipinski definition) is 6. The number of para-hydroxylation sites is 1. The van der Waals surface area contributed by atoms with Crippen molar-refractivity contribution in [3.63, 3.8) is 0 Å². The molecule has 2 aromatic heterocycles. The van der Waals surface area contributed by atoms with Crippen molar-refractivity contribution in [2.75, 3.05) is 13.2 Å². The van der Waals surface area contributed by atoms with Gasteiger partial charge in [0, 0.05) is 18.5 Å². The topological polar surface area (TPSA) is 111 Å². The van der Waals surface area contributed by atoms with Crippen molar-refractivity contribution in [3.05, 3.63) is 60.6 Å². The van der Waals surface area contributed by atoms with Gasteiger partial charge in [-0.25, -0.2) is 4.68 Å². The Kier molecular flexibility index (Phi) is 6.13. The van der Waals surface area contributed by atoms with Gasteiger partial charge in [-0.1, -0.05) is 29.5 Å². The van der Waals surface area contributed by atoms with E-state index >= 15 is 0 Å². The van der Waals surface area contributed by atoms with Gasteiger partial charge in [-0.05, 0) is 25.0 Å². The molecule has 2 atom stereocenters. The largest absolute Gasteiger partial charge is 0.481 e. The third-order valence-corrected chi connectivity index (χ3v) is 5.30. The van der Waals surface area contributed by atoms with Crippen LogP contribution in [0.3, 0.4) is 0 Å². The maximum atomic E-state index is 13.0. The zero-order valence-electron chi connectivity index (χ0n) is 17.0. The standard InChI is InChI=1S/C22H24N4O5/c1-2-8-25(22(29)20-10-15-5-3-4-6-19(15)31-20)13-16-14-26(24-23-16)17-7-9-30-18(11-17)12-21(27)28/h2-6,10,14,17-18H,1,7-9,11-13H2,(H,27,28). The van der Waals surface area contributed by atoms with Crippen LogP contribution in [0.5, 0.6) is 0 Å².